The molecule has 0 saturated carbocycles. The van der Waals surface area contributed by atoms with E-state index in [-0.39, 0.29) is 11.7 Å². The lowest BCUT2D eigenvalue weighted by atomic mass is 10.1. The number of benzene rings is 2. The molecule has 0 aliphatic carbocycles. The van der Waals surface area contributed by atoms with Crippen LogP contribution in [0.15, 0.2) is 65.8 Å². The van der Waals surface area contributed by atoms with Crippen LogP contribution < -0.4 is 4.90 Å². The largest absolute Gasteiger partial charge is 0.508 e. The minimum Gasteiger partial charge on any atom is -0.508 e. The van der Waals surface area contributed by atoms with Crippen molar-refractivity contribution in [3.05, 3.63) is 66.4 Å². The van der Waals surface area contributed by atoms with E-state index in [0.717, 1.165) is 35.7 Å². The van der Waals surface area contributed by atoms with Crippen LogP contribution in [0.3, 0.4) is 0 Å². The minimum atomic E-state index is 0.108. The van der Waals surface area contributed by atoms with Crippen LogP contribution in [0.1, 0.15) is 5.69 Å². The summed E-state index contributed by atoms with van der Waals surface area (Å²) >= 11 is 1.39. The van der Waals surface area contributed by atoms with E-state index in [9.17, 15) is 9.90 Å². The summed E-state index contributed by atoms with van der Waals surface area (Å²) in [4.78, 5) is 25.9. The summed E-state index contributed by atoms with van der Waals surface area (Å²) in [5.41, 5.74) is 3.87. The molecule has 2 aromatic carbocycles. The molecular weight excluding hydrogens is 396 g/mol. The highest BCUT2D eigenvalue weighted by Gasteiger charge is 2.21. The molecule has 0 radical (unpaired) electrons. The number of phenolic OH excluding ortho intramolecular Hbond substituents is 1. The fourth-order valence-electron chi connectivity index (χ4n) is 3.46. The third-order valence-corrected chi connectivity index (χ3v) is 5.91. The molecule has 1 aromatic heterocycles. The van der Waals surface area contributed by atoms with Crippen molar-refractivity contribution in [2.24, 2.45) is 0 Å². The van der Waals surface area contributed by atoms with Gasteiger partial charge in [-0.25, -0.2) is 9.97 Å². The number of hydrogen-bond donors (Lipinski definition) is 1. The molecule has 0 unspecified atom stereocenters. The van der Waals surface area contributed by atoms with Gasteiger partial charge in [0.2, 0.25) is 5.91 Å². The fourth-order valence-corrected chi connectivity index (χ4v) is 4.26. The van der Waals surface area contributed by atoms with E-state index < -0.39 is 0 Å². The summed E-state index contributed by atoms with van der Waals surface area (Å²) in [5.74, 6) is 0.701. The maximum atomic E-state index is 12.7. The Kier molecular flexibility index (Phi) is 6.18. The molecule has 154 valence electrons. The van der Waals surface area contributed by atoms with Gasteiger partial charge in [-0.15, -0.1) is 0 Å². The highest BCUT2D eigenvalue weighted by Crippen LogP contribution is 2.23. The number of nitrogens with zero attached hydrogens (tertiary/aromatic N) is 4. The van der Waals surface area contributed by atoms with Gasteiger partial charge in [0, 0.05) is 43.1 Å². The van der Waals surface area contributed by atoms with Crippen molar-refractivity contribution in [3.63, 3.8) is 0 Å². The zero-order valence-corrected chi connectivity index (χ0v) is 17.7. The Morgan fingerprint density at radius 3 is 2.40 bits per heavy atom. The first-order valence-corrected chi connectivity index (χ1v) is 10.9. The molecule has 6 nitrogen and oxygen atoms in total. The number of thioether (sulfide) groups is 1. The van der Waals surface area contributed by atoms with Gasteiger partial charge in [0.25, 0.3) is 0 Å². The van der Waals surface area contributed by atoms with E-state index in [1.807, 2.05) is 60.4 Å². The van der Waals surface area contributed by atoms with Crippen molar-refractivity contribution in [2.75, 3.05) is 36.8 Å². The predicted octanol–water partition coefficient (Wildman–Crippen LogP) is 3.60. The van der Waals surface area contributed by atoms with Crippen LogP contribution in [-0.2, 0) is 4.79 Å². The number of anilines is 1. The maximum Gasteiger partial charge on any atom is 0.233 e. The average molecular weight is 421 g/mol. The zero-order valence-electron chi connectivity index (χ0n) is 16.9. The number of hydrogen-bond acceptors (Lipinski definition) is 6. The van der Waals surface area contributed by atoms with Gasteiger partial charge in [-0.2, -0.15) is 0 Å². The first-order valence-electron chi connectivity index (χ1n) is 9.94. The normalized spacial score (nSPS) is 14.0. The molecule has 7 heteroatoms. The molecule has 1 N–H and O–H groups in total. The number of amides is 1. The predicted molar refractivity (Wildman–Crippen MR) is 120 cm³/mol. The summed E-state index contributed by atoms with van der Waals surface area (Å²) in [6.07, 6.45) is 0. The molecule has 2 heterocycles. The van der Waals surface area contributed by atoms with Gasteiger partial charge in [0.05, 0.1) is 11.4 Å². The van der Waals surface area contributed by atoms with Gasteiger partial charge in [0.15, 0.2) is 5.16 Å². The van der Waals surface area contributed by atoms with Crippen LogP contribution in [0.2, 0.25) is 0 Å². The number of rotatable bonds is 5. The minimum absolute atomic E-state index is 0.108. The second kappa shape index (κ2) is 9.17. The van der Waals surface area contributed by atoms with E-state index in [0.29, 0.717) is 24.0 Å². The lowest BCUT2D eigenvalue weighted by molar-refractivity contribution is -0.128. The summed E-state index contributed by atoms with van der Waals surface area (Å²) in [7, 11) is 0. The van der Waals surface area contributed by atoms with Crippen molar-refractivity contribution in [2.45, 2.75) is 12.1 Å². The van der Waals surface area contributed by atoms with Crippen molar-refractivity contribution in [3.8, 4) is 17.0 Å². The summed E-state index contributed by atoms with van der Waals surface area (Å²) in [6, 6.07) is 19.1. The van der Waals surface area contributed by atoms with Gasteiger partial charge < -0.3 is 14.9 Å². The van der Waals surface area contributed by atoms with Crippen molar-refractivity contribution >= 4 is 23.4 Å². The Hall–Kier alpha value is -3.06. The van der Waals surface area contributed by atoms with Crippen LogP contribution in [0, 0.1) is 6.92 Å². The average Bonchev–Trinajstić information content (AvgIpc) is 2.78. The van der Waals surface area contributed by atoms with Crippen LogP contribution in [0.5, 0.6) is 5.75 Å². The third kappa shape index (κ3) is 4.91. The molecule has 1 aliphatic heterocycles. The van der Waals surface area contributed by atoms with Gasteiger partial charge in [-0.1, -0.05) is 42.1 Å². The number of aromatic hydroxyl groups is 1. The third-order valence-electron chi connectivity index (χ3n) is 5.08. The smallest absolute Gasteiger partial charge is 0.233 e. The van der Waals surface area contributed by atoms with Crippen LogP contribution in [0.25, 0.3) is 11.3 Å². The Balaban J connectivity index is 1.33. The number of carbonyl (C=O) groups excluding carboxylic acids is 1. The van der Waals surface area contributed by atoms with E-state index in [2.05, 4.69) is 14.9 Å². The van der Waals surface area contributed by atoms with E-state index in [1.54, 1.807) is 12.1 Å². The Labute approximate surface area is 180 Å². The topological polar surface area (TPSA) is 69.6 Å². The Morgan fingerprint density at radius 2 is 1.70 bits per heavy atom. The van der Waals surface area contributed by atoms with Crippen molar-refractivity contribution in [1.82, 2.24) is 14.9 Å². The van der Waals surface area contributed by atoms with Gasteiger partial charge in [-0.3, -0.25) is 4.79 Å². The highest BCUT2D eigenvalue weighted by molar-refractivity contribution is 7.99. The van der Waals surface area contributed by atoms with Crippen LogP contribution in [0.4, 0.5) is 5.69 Å². The highest BCUT2D eigenvalue weighted by atomic mass is 32.2. The summed E-state index contributed by atoms with van der Waals surface area (Å²) < 4.78 is 0. The molecule has 30 heavy (non-hydrogen) atoms. The Bertz CT molecular complexity index is 1000. The zero-order chi connectivity index (χ0) is 20.9. The number of carbonyl (C=O) groups is 1. The molecule has 4 rings (SSSR count). The van der Waals surface area contributed by atoms with Crippen molar-refractivity contribution < 1.29 is 9.90 Å². The van der Waals surface area contributed by atoms with Gasteiger partial charge >= 0.3 is 0 Å². The van der Waals surface area contributed by atoms with E-state index in [4.69, 9.17) is 0 Å². The second-order valence-corrected chi connectivity index (χ2v) is 8.16. The molecule has 1 saturated heterocycles. The lowest BCUT2D eigenvalue weighted by Crippen LogP contribution is -2.49. The maximum absolute atomic E-state index is 12.7. The standard InChI is InChI=1S/C23H24N4O2S/c1-17-15-21(18-5-3-2-4-6-18)25-23(24-17)30-16-22(29)27-13-11-26(12-14-27)19-7-9-20(28)10-8-19/h2-10,15,28H,11-14,16H2,1H3. The first kappa shape index (κ1) is 20.2. The molecule has 3 aromatic rings. The Morgan fingerprint density at radius 1 is 1.00 bits per heavy atom. The molecule has 0 bridgehead atoms. The van der Waals surface area contributed by atoms with Gasteiger partial charge in [0.1, 0.15) is 5.75 Å². The first-order chi connectivity index (χ1) is 14.6. The number of aromatic nitrogens is 2. The lowest BCUT2D eigenvalue weighted by Gasteiger charge is -2.36. The number of piperazine rings is 1. The molecule has 0 atom stereocenters. The van der Waals surface area contributed by atoms with Crippen LogP contribution >= 0.6 is 11.8 Å². The second-order valence-electron chi connectivity index (χ2n) is 7.22. The monoisotopic (exact) mass is 420 g/mol. The fraction of sp³-hybridized carbons (Fsp3) is 0.261. The number of phenols is 1. The molecule has 1 fully saturated rings. The summed E-state index contributed by atoms with van der Waals surface area (Å²) in [6.45, 7) is 4.87. The van der Waals surface area contributed by atoms with E-state index >= 15 is 0 Å². The van der Waals surface area contributed by atoms with Crippen molar-refractivity contribution in [1.29, 1.82) is 0 Å². The van der Waals surface area contributed by atoms with E-state index in [1.165, 1.54) is 11.8 Å². The molecule has 0 spiro atoms. The van der Waals surface area contributed by atoms with Crippen LogP contribution in [-0.4, -0.2) is 57.8 Å². The number of aryl methyl sites for hydroxylation is 1. The SMILES string of the molecule is Cc1cc(-c2ccccc2)nc(SCC(=O)N2CCN(c3ccc(O)cc3)CC2)n1. The molecule has 1 amide bonds. The molecular formula is C23H24N4O2S. The molecule has 1 aliphatic rings. The van der Waals surface area contributed by atoms with Gasteiger partial charge in [-0.05, 0) is 37.3 Å². The summed E-state index contributed by atoms with van der Waals surface area (Å²) in [5, 5.41) is 10.1. The quantitative estimate of drug-likeness (QED) is 0.502.